The van der Waals surface area contributed by atoms with E-state index in [4.69, 9.17) is 5.11 Å². The summed E-state index contributed by atoms with van der Waals surface area (Å²) >= 11 is 0. The third kappa shape index (κ3) is 3.86. The van der Waals surface area contributed by atoms with Gasteiger partial charge in [0.15, 0.2) is 0 Å². The van der Waals surface area contributed by atoms with Gasteiger partial charge in [0.05, 0.1) is 6.54 Å². The molecule has 0 amide bonds. The third-order valence-corrected chi connectivity index (χ3v) is 3.07. The fraction of sp³-hybridized carbons (Fsp3) is 0.500. The van der Waals surface area contributed by atoms with Gasteiger partial charge in [0.25, 0.3) is 0 Å². The molecule has 0 aliphatic carbocycles. The van der Waals surface area contributed by atoms with Crippen molar-refractivity contribution < 1.29 is 9.90 Å². The summed E-state index contributed by atoms with van der Waals surface area (Å²) in [5.41, 5.74) is 3.68. The summed E-state index contributed by atoms with van der Waals surface area (Å²) < 4.78 is 0. The normalized spacial score (nSPS) is 11.2. The number of rotatable bonds is 5. The van der Waals surface area contributed by atoms with Crippen molar-refractivity contribution in [3.8, 4) is 0 Å². The van der Waals surface area contributed by atoms with Crippen LogP contribution in [-0.2, 0) is 11.3 Å². The molecule has 0 fully saturated rings. The Bertz CT molecular complexity index is 379. The Hall–Kier alpha value is -1.35. The zero-order valence-electron chi connectivity index (χ0n) is 11.0. The number of benzene rings is 1. The van der Waals surface area contributed by atoms with E-state index >= 15 is 0 Å². The van der Waals surface area contributed by atoms with Gasteiger partial charge in [-0.15, -0.1) is 0 Å². The van der Waals surface area contributed by atoms with E-state index in [9.17, 15) is 4.79 Å². The second kappa shape index (κ2) is 5.82. The number of hydrogen-bond acceptors (Lipinski definition) is 2. The Balaban J connectivity index is 2.89. The van der Waals surface area contributed by atoms with Crippen LogP contribution in [0.15, 0.2) is 18.2 Å². The van der Waals surface area contributed by atoms with Crippen LogP contribution in [0.5, 0.6) is 0 Å². The molecule has 0 heterocycles. The smallest absolute Gasteiger partial charge is 0.317 e. The largest absolute Gasteiger partial charge is 0.480 e. The first-order valence-electron chi connectivity index (χ1n) is 5.92. The van der Waals surface area contributed by atoms with Gasteiger partial charge in [-0.25, -0.2) is 0 Å². The number of carboxylic acid groups (broad SMARTS) is 1. The maximum Gasteiger partial charge on any atom is 0.317 e. The van der Waals surface area contributed by atoms with Crippen LogP contribution >= 0.6 is 0 Å². The summed E-state index contributed by atoms with van der Waals surface area (Å²) in [7, 11) is 0. The number of nitrogens with zero attached hydrogens (tertiary/aromatic N) is 1. The molecule has 0 aromatic heterocycles. The van der Waals surface area contributed by atoms with Gasteiger partial charge >= 0.3 is 5.97 Å². The fourth-order valence-electron chi connectivity index (χ4n) is 1.90. The first kappa shape index (κ1) is 13.7. The average molecular weight is 235 g/mol. The van der Waals surface area contributed by atoms with Gasteiger partial charge < -0.3 is 5.11 Å². The SMILES string of the molecule is Cc1cccc(C)c1CN(CC(=O)O)C(C)C. The summed E-state index contributed by atoms with van der Waals surface area (Å²) in [5.74, 6) is -0.773. The van der Waals surface area contributed by atoms with E-state index in [0.717, 1.165) is 0 Å². The zero-order valence-corrected chi connectivity index (χ0v) is 11.0. The van der Waals surface area contributed by atoms with Gasteiger partial charge in [0.2, 0.25) is 0 Å². The number of aliphatic carboxylic acids is 1. The maximum absolute atomic E-state index is 10.8. The Morgan fingerprint density at radius 2 is 1.82 bits per heavy atom. The van der Waals surface area contributed by atoms with Crippen LogP contribution in [0.3, 0.4) is 0 Å². The van der Waals surface area contributed by atoms with Crippen molar-refractivity contribution in [2.75, 3.05) is 6.54 Å². The van der Waals surface area contributed by atoms with Gasteiger partial charge in [0.1, 0.15) is 0 Å². The van der Waals surface area contributed by atoms with E-state index < -0.39 is 5.97 Å². The highest BCUT2D eigenvalue weighted by atomic mass is 16.4. The highest BCUT2D eigenvalue weighted by Crippen LogP contribution is 2.17. The lowest BCUT2D eigenvalue weighted by Crippen LogP contribution is -2.35. The van der Waals surface area contributed by atoms with Gasteiger partial charge in [0, 0.05) is 12.6 Å². The number of hydrogen-bond donors (Lipinski definition) is 1. The molecule has 17 heavy (non-hydrogen) atoms. The predicted molar refractivity (Wildman–Crippen MR) is 69.1 cm³/mol. The van der Waals surface area contributed by atoms with Crippen molar-refractivity contribution in [1.29, 1.82) is 0 Å². The van der Waals surface area contributed by atoms with Crippen LogP contribution in [0, 0.1) is 13.8 Å². The summed E-state index contributed by atoms with van der Waals surface area (Å²) in [6.07, 6.45) is 0. The molecule has 0 spiro atoms. The fourth-order valence-corrected chi connectivity index (χ4v) is 1.90. The Labute approximate surface area is 103 Å². The van der Waals surface area contributed by atoms with Gasteiger partial charge in [-0.3, -0.25) is 9.69 Å². The van der Waals surface area contributed by atoms with Crippen molar-refractivity contribution in [3.05, 3.63) is 34.9 Å². The van der Waals surface area contributed by atoms with Crippen LogP contribution in [-0.4, -0.2) is 28.6 Å². The van der Waals surface area contributed by atoms with Gasteiger partial charge in [-0.2, -0.15) is 0 Å². The minimum atomic E-state index is -0.773. The van der Waals surface area contributed by atoms with E-state index in [2.05, 4.69) is 26.0 Å². The lowest BCUT2D eigenvalue weighted by atomic mass is 10.0. The molecule has 0 aliphatic heterocycles. The molecule has 0 saturated carbocycles. The summed E-state index contributed by atoms with van der Waals surface area (Å²) in [5, 5.41) is 8.91. The van der Waals surface area contributed by atoms with Gasteiger partial charge in [-0.05, 0) is 44.4 Å². The molecule has 94 valence electrons. The predicted octanol–water partition coefficient (Wildman–Crippen LogP) is 2.60. The van der Waals surface area contributed by atoms with E-state index in [1.807, 2.05) is 24.8 Å². The lowest BCUT2D eigenvalue weighted by molar-refractivity contribution is -0.138. The first-order valence-corrected chi connectivity index (χ1v) is 5.92. The Morgan fingerprint density at radius 3 is 2.24 bits per heavy atom. The quantitative estimate of drug-likeness (QED) is 0.852. The summed E-state index contributed by atoms with van der Waals surface area (Å²) in [6, 6.07) is 6.40. The lowest BCUT2D eigenvalue weighted by Gasteiger charge is -2.26. The molecule has 3 heteroatoms. The molecule has 0 saturated heterocycles. The minimum absolute atomic E-state index is 0.0887. The Kier molecular flexibility index (Phi) is 4.70. The molecule has 0 radical (unpaired) electrons. The zero-order chi connectivity index (χ0) is 13.0. The summed E-state index contributed by atoms with van der Waals surface area (Å²) in [6.45, 7) is 8.98. The first-order chi connectivity index (χ1) is 7.91. The Morgan fingerprint density at radius 1 is 1.29 bits per heavy atom. The van der Waals surface area contributed by atoms with Gasteiger partial charge in [-0.1, -0.05) is 18.2 Å². The van der Waals surface area contributed by atoms with Crippen molar-refractivity contribution in [3.63, 3.8) is 0 Å². The second-order valence-electron chi connectivity index (χ2n) is 4.76. The van der Waals surface area contributed by atoms with Crippen LogP contribution in [0.4, 0.5) is 0 Å². The minimum Gasteiger partial charge on any atom is -0.480 e. The molecule has 3 nitrogen and oxygen atoms in total. The molecule has 0 unspecified atom stereocenters. The summed E-state index contributed by atoms with van der Waals surface area (Å²) in [4.78, 5) is 12.8. The number of aryl methyl sites for hydroxylation is 2. The van der Waals surface area contributed by atoms with E-state index in [1.165, 1.54) is 16.7 Å². The molecular weight excluding hydrogens is 214 g/mol. The molecule has 1 rings (SSSR count). The van der Waals surface area contributed by atoms with Crippen LogP contribution in [0.25, 0.3) is 0 Å². The molecular formula is C14H21NO2. The second-order valence-corrected chi connectivity index (χ2v) is 4.76. The van der Waals surface area contributed by atoms with Crippen molar-refractivity contribution in [2.24, 2.45) is 0 Å². The molecule has 0 aliphatic rings. The van der Waals surface area contributed by atoms with Crippen molar-refractivity contribution >= 4 is 5.97 Å². The standard InChI is InChI=1S/C14H21NO2/c1-10(2)15(9-14(16)17)8-13-11(3)6-5-7-12(13)4/h5-7,10H,8-9H2,1-4H3,(H,16,17). The number of carbonyl (C=O) groups is 1. The highest BCUT2D eigenvalue weighted by Gasteiger charge is 2.15. The maximum atomic E-state index is 10.8. The monoisotopic (exact) mass is 235 g/mol. The van der Waals surface area contributed by atoms with Crippen LogP contribution < -0.4 is 0 Å². The topological polar surface area (TPSA) is 40.5 Å². The molecule has 1 aromatic carbocycles. The molecule has 1 N–H and O–H groups in total. The third-order valence-electron chi connectivity index (χ3n) is 3.07. The number of carboxylic acids is 1. The highest BCUT2D eigenvalue weighted by molar-refractivity contribution is 5.69. The molecule has 0 bridgehead atoms. The molecule has 0 atom stereocenters. The average Bonchev–Trinajstić information content (AvgIpc) is 2.21. The van der Waals surface area contributed by atoms with Crippen molar-refractivity contribution in [1.82, 2.24) is 4.90 Å². The van der Waals surface area contributed by atoms with Crippen LogP contribution in [0.2, 0.25) is 0 Å². The van der Waals surface area contributed by atoms with E-state index in [-0.39, 0.29) is 12.6 Å². The van der Waals surface area contributed by atoms with E-state index in [1.54, 1.807) is 0 Å². The molecule has 1 aromatic rings. The van der Waals surface area contributed by atoms with Crippen molar-refractivity contribution in [2.45, 2.75) is 40.3 Å². The van der Waals surface area contributed by atoms with Crippen LogP contribution in [0.1, 0.15) is 30.5 Å². The van der Waals surface area contributed by atoms with E-state index in [0.29, 0.717) is 6.54 Å².